The molecule has 1 aliphatic heterocycles. The van der Waals surface area contributed by atoms with Gasteiger partial charge in [0.25, 0.3) is 0 Å². The molecule has 0 unspecified atom stereocenters. The van der Waals surface area contributed by atoms with Crippen molar-refractivity contribution in [3.8, 4) is 10.4 Å². The molecule has 0 atom stereocenters. The topological polar surface area (TPSA) is 32.3 Å². The third-order valence-electron chi connectivity index (χ3n) is 6.47. The van der Waals surface area contributed by atoms with Crippen LogP contribution < -0.4 is 4.90 Å². The number of benzene rings is 2. The van der Waals surface area contributed by atoms with Gasteiger partial charge in [0.15, 0.2) is 0 Å². The van der Waals surface area contributed by atoms with Crippen LogP contribution in [0.1, 0.15) is 11.1 Å². The van der Waals surface area contributed by atoms with E-state index >= 15 is 0 Å². The van der Waals surface area contributed by atoms with Gasteiger partial charge in [0, 0.05) is 48.5 Å². The Morgan fingerprint density at radius 3 is 2.62 bits per heavy atom. The first-order valence-electron chi connectivity index (χ1n) is 11.0. The number of piperazine rings is 1. The highest BCUT2D eigenvalue weighted by molar-refractivity contribution is 7.18. The van der Waals surface area contributed by atoms with E-state index in [0.717, 1.165) is 43.4 Å². The molecule has 0 saturated carbocycles. The maximum atomic E-state index is 4.74. The molecule has 6 rings (SSSR count). The van der Waals surface area contributed by atoms with E-state index in [-0.39, 0.29) is 0 Å². The van der Waals surface area contributed by atoms with Gasteiger partial charge in [-0.1, -0.05) is 42.5 Å². The van der Waals surface area contributed by atoms with E-state index in [1.54, 1.807) is 29.0 Å². The van der Waals surface area contributed by atoms with Crippen LogP contribution >= 0.6 is 22.7 Å². The highest BCUT2D eigenvalue weighted by Gasteiger charge is 2.23. The Morgan fingerprint density at radius 1 is 0.906 bits per heavy atom. The van der Waals surface area contributed by atoms with Crippen LogP contribution in [0.3, 0.4) is 0 Å². The molecule has 0 amide bonds. The van der Waals surface area contributed by atoms with Crippen LogP contribution in [-0.4, -0.2) is 41.0 Å². The Hall–Kier alpha value is -2.80. The number of fused-ring (bicyclic) bond motifs is 2. The quantitative estimate of drug-likeness (QED) is 0.322. The minimum absolute atomic E-state index is 0.982. The monoisotopic (exact) mass is 456 g/mol. The van der Waals surface area contributed by atoms with Crippen molar-refractivity contribution in [1.29, 1.82) is 0 Å². The van der Waals surface area contributed by atoms with Gasteiger partial charge in [-0.2, -0.15) is 0 Å². The molecule has 5 aromatic rings. The van der Waals surface area contributed by atoms with Gasteiger partial charge in [0.1, 0.15) is 17.0 Å². The molecule has 32 heavy (non-hydrogen) atoms. The molecule has 1 fully saturated rings. The largest absolute Gasteiger partial charge is 0.353 e. The van der Waals surface area contributed by atoms with Crippen molar-refractivity contribution in [3.63, 3.8) is 0 Å². The van der Waals surface area contributed by atoms with Crippen molar-refractivity contribution in [2.24, 2.45) is 0 Å². The maximum absolute atomic E-state index is 4.74. The lowest BCUT2D eigenvalue weighted by molar-refractivity contribution is 0.250. The third-order valence-corrected chi connectivity index (χ3v) is 8.25. The van der Waals surface area contributed by atoms with Crippen molar-refractivity contribution in [2.45, 2.75) is 13.5 Å². The summed E-state index contributed by atoms with van der Waals surface area (Å²) in [4.78, 5) is 16.7. The molecule has 6 heteroatoms. The first-order valence-corrected chi connectivity index (χ1v) is 12.7. The second-order valence-electron chi connectivity index (χ2n) is 8.35. The number of thiophene rings is 2. The Kier molecular flexibility index (Phi) is 5.14. The number of rotatable bonds is 4. The van der Waals surface area contributed by atoms with Crippen LogP contribution in [0.5, 0.6) is 0 Å². The summed E-state index contributed by atoms with van der Waals surface area (Å²) in [5, 5.41) is 8.28. The van der Waals surface area contributed by atoms with Crippen molar-refractivity contribution < 1.29 is 0 Å². The van der Waals surface area contributed by atoms with E-state index in [0.29, 0.717) is 0 Å². The molecule has 0 spiro atoms. The van der Waals surface area contributed by atoms with Crippen molar-refractivity contribution in [3.05, 3.63) is 76.7 Å². The summed E-state index contributed by atoms with van der Waals surface area (Å²) in [6.07, 6.45) is 1.72. The summed E-state index contributed by atoms with van der Waals surface area (Å²) in [5.41, 5.74) is 4.10. The second-order valence-corrected chi connectivity index (χ2v) is 10.2. The number of aryl methyl sites for hydroxylation is 1. The summed E-state index contributed by atoms with van der Waals surface area (Å²) < 4.78 is 0. The van der Waals surface area contributed by atoms with Crippen LogP contribution in [0.2, 0.25) is 0 Å². The normalized spacial score (nSPS) is 15.1. The van der Waals surface area contributed by atoms with E-state index in [2.05, 4.69) is 81.0 Å². The Labute approximate surface area is 195 Å². The highest BCUT2D eigenvalue weighted by Crippen LogP contribution is 2.39. The molecule has 4 heterocycles. The fraction of sp³-hybridized carbons (Fsp3) is 0.231. The molecule has 0 bridgehead atoms. The minimum atomic E-state index is 0.982. The molecule has 1 aliphatic rings. The lowest BCUT2D eigenvalue weighted by Crippen LogP contribution is -2.46. The van der Waals surface area contributed by atoms with Gasteiger partial charge in [-0.05, 0) is 40.3 Å². The Morgan fingerprint density at radius 2 is 1.78 bits per heavy atom. The van der Waals surface area contributed by atoms with E-state index in [9.17, 15) is 0 Å². The molecular formula is C26H24N4S2. The van der Waals surface area contributed by atoms with Crippen molar-refractivity contribution >= 4 is 49.5 Å². The van der Waals surface area contributed by atoms with Gasteiger partial charge in [0.2, 0.25) is 0 Å². The van der Waals surface area contributed by atoms with Crippen molar-refractivity contribution in [2.75, 3.05) is 31.1 Å². The Bertz CT molecular complexity index is 1380. The predicted molar refractivity (Wildman–Crippen MR) is 137 cm³/mol. The average Bonchev–Trinajstić information content (AvgIpc) is 3.51. The number of hydrogen-bond acceptors (Lipinski definition) is 6. The van der Waals surface area contributed by atoms with Gasteiger partial charge in [0.05, 0.1) is 5.39 Å². The number of nitrogens with zero attached hydrogens (tertiary/aromatic N) is 4. The molecule has 0 N–H and O–H groups in total. The molecule has 2 aromatic carbocycles. The lowest BCUT2D eigenvalue weighted by Gasteiger charge is -2.36. The fourth-order valence-electron chi connectivity index (χ4n) is 4.71. The van der Waals surface area contributed by atoms with E-state index in [1.807, 2.05) is 0 Å². The number of anilines is 1. The molecule has 0 radical (unpaired) electrons. The summed E-state index contributed by atoms with van der Waals surface area (Å²) >= 11 is 3.49. The van der Waals surface area contributed by atoms with E-state index < -0.39 is 0 Å². The molecule has 3 aromatic heterocycles. The summed E-state index contributed by atoms with van der Waals surface area (Å²) in [5.74, 6) is 1.08. The molecular weight excluding hydrogens is 432 g/mol. The fourth-order valence-corrected chi connectivity index (χ4v) is 6.43. The zero-order chi connectivity index (χ0) is 21.5. The lowest BCUT2D eigenvalue weighted by atomic mass is 9.99. The van der Waals surface area contributed by atoms with Crippen LogP contribution in [0.15, 0.2) is 65.6 Å². The molecule has 1 saturated heterocycles. The van der Waals surface area contributed by atoms with Crippen LogP contribution in [0.4, 0.5) is 5.82 Å². The number of hydrogen-bond donors (Lipinski definition) is 0. The molecule has 160 valence electrons. The van der Waals surface area contributed by atoms with Gasteiger partial charge in [-0.25, -0.2) is 9.97 Å². The summed E-state index contributed by atoms with van der Waals surface area (Å²) in [7, 11) is 0. The van der Waals surface area contributed by atoms with Crippen molar-refractivity contribution in [1.82, 2.24) is 14.9 Å². The van der Waals surface area contributed by atoms with Crippen LogP contribution in [0.25, 0.3) is 31.4 Å². The van der Waals surface area contributed by atoms with Gasteiger partial charge in [-0.3, -0.25) is 4.90 Å². The SMILES string of the molecule is Cc1ccc2ccccc2c1CN1CCN(c2ncnc3scc(-c4cccs4)c23)CC1. The summed E-state index contributed by atoms with van der Waals surface area (Å²) in [6, 6.07) is 17.5. The minimum Gasteiger partial charge on any atom is -0.353 e. The van der Waals surface area contributed by atoms with Crippen LogP contribution in [-0.2, 0) is 6.54 Å². The van der Waals surface area contributed by atoms with Gasteiger partial charge in [-0.15, -0.1) is 22.7 Å². The zero-order valence-corrected chi connectivity index (χ0v) is 19.6. The molecule has 4 nitrogen and oxygen atoms in total. The smallest absolute Gasteiger partial charge is 0.141 e. The van der Waals surface area contributed by atoms with Crippen LogP contribution in [0, 0.1) is 6.92 Å². The average molecular weight is 457 g/mol. The van der Waals surface area contributed by atoms with Gasteiger partial charge >= 0.3 is 0 Å². The first-order chi connectivity index (χ1) is 15.8. The third kappa shape index (κ3) is 3.48. The Balaban J connectivity index is 1.25. The summed E-state index contributed by atoms with van der Waals surface area (Å²) in [6.45, 7) is 7.27. The maximum Gasteiger partial charge on any atom is 0.141 e. The second kappa shape index (κ2) is 8.28. The van der Waals surface area contributed by atoms with E-state index in [4.69, 9.17) is 4.98 Å². The standard InChI is InChI=1S/C26H24N4S2/c1-18-8-9-19-5-2-3-6-20(19)21(18)15-29-10-12-30(13-11-29)25-24-22(23-7-4-14-31-23)16-32-26(24)28-17-27-25/h2-9,14,16-17H,10-13,15H2,1H3. The van der Waals surface area contributed by atoms with Gasteiger partial charge < -0.3 is 4.90 Å². The number of aromatic nitrogens is 2. The highest BCUT2D eigenvalue weighted by atomic mass is 32.1. The first kappa shape index (κ1) is 19.9. The predicted octanol–water partition coefficient (Wildman–Crippen LogP) is 6.20. The zero-order valence-electron chi connectivity index (χ0n) is 18.0. The van der Waals surface area contributed by atoms with E-state index in [1.165, 1.54) is 37.7 Å². The molecule has 0 aliphatic carbocycles.